The summed E-state index contributed by atoms with van der Waals surface area (Å²) < 4.78 is 8.97. The third-order valence-electron chi connectivity index (χ3n) is 8.55. The molecular weight excluding hydrogens is 571 g/mol. The molecule has 8 rings (SSSR count). The Morgan fingerprint density at radius 2 is 1.58 bits per heavy atom. The van der Waals surface area contributed by atoms with Crippen LogP contribution in [0.3, 0.4) is 0 Å². The number of hydrogen-bond donors (Lipinski definition) is 1. The number of fused-ring (bicyclic) bond motifs is 6. The van der Waals surface area contributed by atoms with Crippen LogP contribution < -0.4 is 5.73 Å². The molecule has 2 aromatic heterocycles. The van der Waals surface area contributed by atoms with Gasteiger partial charge in [-0.25, -0.2) is 4.99 Å². The van der Waals surface area contributed by atoms with Crippen LogP contribution in [0.1, 0.15) is 35.6 Å². The lowest BCUT2D eigenvalue weighted by Crippen LogP contribution is -2.17. The molecule has 7 aromatic rings. The third-order valence-corrected chi connectivity index (χ3v) is 9.69. The van der Waals surface area contributed by atoms with Crippen molar-refractivity contribution in [1.29, 1.82) is 0 Å². The number of nitrogens with two attached hydrogens (primary N) is 1. The molecule has 0 spiro atoms. The summed E-state index contributed by atoms with van der Waals surface area (Å²) in [7, 11) is 0. The average Bonchev–Trinajstić information content (AvgIpc) is 3.66. The fourth-order valence-corrected chi connectivity index (χ4v) is 7.39. The summed E-state index contributed by atoms with van der Waals surface area (Å²) in [6, 6.07) is 37.5. The number of rotatable bonds is 5. The molecule has 0 saturated heterocycles. The highest BCUT2D eigenvalue weighted by molar-refractivity contribution is 7.25. The number of allylic oxidation sites excluding steroid dienone is 4. The molecule has 5 aromatic carbocycles. The summed E-state index contributed by atoms with van der Waals surface area (Å²) in [4.78, 5) is 10.2. The molecule has 0 fully saturated rings. The molecule has 2 N–H and O–H groups in total. The van der Waals surface area contributed by atoms with Crippen LogP contribution in [0.15, 0.2) is 142 Å². The molecule has 1 atom stereocenters. The van der Waals surface area contributed by atoms with Gasteiger partial charge in [0.15, 0.2) is 5.84 Å². The molecule has 218 valence electrons. The van der Waals surface area contributed by atoms with Gasteiger partial charge >= 0.3 is 0 Å². The fraction of sp³-hybridized carbons (Fsp3) is 0.100. The number of hydrogen-bond acceptors (Lipinski definition) is 3. The minimum atomic E-state index is 0.406. The summed E-state index contributed by atoms with van der Waals surface area (Å²) in [5, 5.41) is 4.34. The Bertz CT molecular complexity index is 2350. The van der Waals surface area contributed by atoms with Crippen LogP contribution in [0.4, 0.5) is 0 Å². The van der Waals surface area contributed by atoms with E-state index in [0.29, 0.717) is 24.1 Å². The lowest BCUT2D eigenvalue weighted by molar-refractivity contribution is 0.667. The zero-order valence-corrected chi connectivity index (χ0v) is 25.7. The zero-order valence-electron chi connectivity index (χ0n) is 24.9. The Morgan fingerprint density at radius 1 is 0.800 bits per heavy atom. The first-order valence-corrected chi connectivity index (χ1v) is 16.1. The number of thiophene rings is 1. The second-order valence-corrected chi connectivity index (χ2v) is 12.7. The smallest absolute Gasteiger partial charge is 0.158 e. The van der Waals surface area contributed by atoms with Crippen LogP contribution >= 0.6 is 11.3 Å². The van der Waals surface area contributed by atoms with E-state index in [1.807, 2.05) is 36.4 Å². The first kappa shape index (κ1) is 27.3. The van der Waals surface area contributed by atoms with E-state index >= 15 is 0 Å². The van der Waals surface area contributed by atoms with Crippen LogP contribution in [-0.4, -0.2) is 11.7 Å². The van der Waals surface area contributed by atoms with Crippen LogP contribution in [-0.2, 0) is 6.54 Å². The molecule has 5 heteroatoms. The quantitative estimate of drug-likeness (QED) is 0.158. The Labute approximate surface area is 265 Å². The molecule has 0 saturated carbocycles. The van der Waals surface area contributed by atoms with Crippen molar-refractivity contribution in [3.63, 3.8) is 0 Å². The van der Waals surface area contributed by atoms with Crippen molar-refractivity contribution >= 4 is 70.7 Å². The van der Waals surface area contributed by atoms with Gasteiger partial charge in [0.25, 0.3) is 0 Å². The van der Waals surface area contributed by atoms with Crippen LogP contribution in [0.25, 0.3) is 47.7 Å². The highest BCUT2D eigenvalue weighted by Crippen LogP contribution is 2.39. The Morgan fingerprint density at radius 3 is 2.42 bits per heavy atom. The van der Waals surface area contributed by atoms with E-state index in [1.165, 1.54) is 20.4 Å². The van der Waals surface area contributed by atoms with Gasteiger partial charge < -0.3 is 10.2 Å². The van der Waals surface area contributed by atoms with Crippen LogP contribution in [0, 0.1) is 5.92 Å². The molecule has 1 aliphatic rings. The molecule has 45 heavy (non-hydrogen) atoms. The van der Waals surface area contributed by atoms with Crippen LogP contribution in [0.5, 0.6) is 0 Å². The van der Waals surface area contributed by atoms with Gasteiger partial charge in [0.1, 0.15) is 17.0 Å². The SMILES string of the molecule is CC1C=CC(c2ccc(/C(N)=N/C(=N\Cc3ccccc3)c3cccc4sc5ccccc5c34)c3c2oc2ccccc23)=CC1. The summed E-state index contributed by atoms with van der Waals surface area (Å²) in [5.74, 6) is 1.55. The van der Waals surface area contributed by atoms with Crippen molar-refractivity contribution in [3.8, 4) is 0 Å². The fourth-order valence-electron chi connectivity index (χ4n) is 6.26. The average molecular weight is 602 g/mol. The number of para-hydroxylation sites is 1. The van der Waals surface area contributed by atoms with Crippen molar-refractivity contribution in [2.24, 2.45) is 21.6 Å². The normalized spacial score (nSPS) is 15.8. The van der Waals surface area contributed by atoms with E-state index in [9.17, 15) is 0 Å². The van der Waals surface area contributed by atoms with E-state index < -0.39 is 0 Å². The predicted molar refractivity (Wildman–Crippen MR) is 191 cm³/mol. The molecular formula is C40H31N3OS. The highest BCUT2D eigenvalue weighted by atomic mass is 32.1. The van der Waals surface area contributed by atoms with Crippen molar-refractivity contribution in [2.75, 3.05) is 0 Å². The summed E-state index contributed by atoms with van der Waals surface area (Å²) in [6.07, 6.45) is 7.76. The van der Waals surface area contributed by atoms with Crippen molar-refractivity contribution in [2.45, 2.75) is 19.9 Å². The molecule has 2 heterocycles. The number of nitrogens with zero attached hydrogens (tertiary/aromatic N) is 2. The van der Waals surface area contributed by atoms with Gasteiger partial charge in [0.05, 0.1) is 6.54 Å². The number of furan rings is 1. The summed E-state index contributed by atoms with van der Waals surface area (Å²) >= 11 is 1.78. The Balaban J connectivity index is 1.33. The predicted octanol–water partition coefficient (Wildman–Crippen LogP) is 10.3. The second-order valence-electron chi connectivity index (χ2n) is 11.6. The molecule has 0 radical (unpaired) electrons. The first-order chi connectivity index (χ1) is 22.1. The minimum Gasteiger partial charge on any atom is -0.455 e. The maximum Gasteiger partial charge on any atom is 0.158 e. The molecule has 0 aliphatic heterocycles. The lowest BCUT2D eigenvalue weighted by atomic mass is 9.92. The molecule has 0 amide bonds. The van der Waals surface area contributed by atoms with Crippen molar-refractivity contribution in [3.05, 3.63) is 150 Å². The number of benzene rings is 5. The van der Waals surface area contributed by atoms with E-state index in [1.54, 1.807) is 11.3 Å². The van der Waals surface area contributed by atoms with E-state index in [4.69, 9.17) is 20.1 Å². The maximum atomic E-state index is 7.00. The molecule has 4 nitrogen and oxygen atoms in total. The third kappa shape index (κ3) is 4.95. The topological polar surface area (TPSA) is 63.9 Å². The van der Waals surface area contributed by atoms with Gasteiger partial charge in [-0.15, -0.1) is 11.3 Å². The van der Waals surface area contributed by atoms with E-state index in [-0.39, 0.29) is 0 Å². The first-order valence-electron chi connectivity index (χ1n) is 15.3. The molecule has 0 bridgehead atoms. The van der Waals surface area contributed by atoms with Crippen LogP contribution in [0.2, 0.25) is 0 Å². The number of aliphatic imine (C=N–C) groups is 2. The second kappa shape index (κ2) is 11.3. The van der Waals surface area contributed by atoms with Gasteiger partial charge in [0, 0.05) is 47.6 Å². The monoisotopic (exact) mass is 601 g/mol. The standard InChI is InChI=1S/C40H31N3OS/c1-25-18-20-27(21-19-25)28-22-23-31(37-29-12-5-7-15-33(29)44-38(28)37)39(41)43-40(42-24-26-10-3-2-4-11-26)32-14-9-17-35-36(32)30-13-6-8-16-34(30)45-35/h2-18,20-23,25H,19,24H2,1H3,(H2,41,42,43). The summed E-state index contributed by atoms with van der Waals surface area (Å²) in [6.45, 7) is 2.73. The van der Waals surface area contributed by atoms with Crippen molar-refractivity contribution < 1.29 is 4.42 Å². The largest absolute Gasteiger partial charge is 0.455 e. The Kier molecular flexibility index (Phi) is 6.88. The van der Waals surface area contributed by atoms with Gasteiger partial charge in [-0.1, -0.05) is 104 Å². The van der Waals surface area contributed by atoms with Gasteiger partial charge in [-0.05, 0) is 53.8 Å². The zero-order chi connectivity index (χ0) is 30.3. The lowest BCUT2D eigenvalue weighted by Gasteiger charge is -2.14. The number of amidine groups is 2. The van der Waals surface area contributed by atoms with Gasteiger partial charge in [-0.3, -0.25) is 4.99 Å². The van der Waals surface area contributed by atoms with E-state index in [2.05, 4.69) is 97.9 Å². The van der Waals surface area contributed by atoms with E-state index in [0.717, 1.165) is 56.0 Å². The van der Waals surface area contributed by atoms with Crippen molar-refractivity contribution in [1.82, 2.24) is 0 Å². The molecule has 1 unspecified atom stereocenters. The maximum absolute atomic E-state index is 7.00. The highest BCUT2D eigenvalue weighted by Gasteiger charge is 2.20. The summed E-state index contributed by atoms with van der Waals surface area (Å²) in [5.41, 5.74) is 13.8. The molecule has 1 aliphatic carbocycles. The minimum absolute atomic E-state index is 0.406. The van der Waals surface area contributed by atoms with Gasteiger partial charge in [0.2, 0.25) is 0 Å². The Hall–Kier alpha value is -5.26. The van der Waals surface area contributed by atoms with Gasteiger partial charge in [-0.2, -0.15) is 0 Å².